The van der Waals surface area contributed by atoms with E-state index in [1.807, 2.05) is 37.3 Å². The van der Waals surface area contributed by atoms with Crippen LogP contribution in [0.25, 0.3) is 11.3 Å². The van der Waals surface area contributed by atoms with E-state index in [9.17, 15) is 4.79 Å². The molecule has 3 aromatic rings. The van der Waals surface area contributed by atoms with Crippen molar-refractivity contribution in [2.75, 3.05) is 20.8 Å². The molecule has 0 aliphatic heterocycles. The molecule has 8 heteroatoms. The van der Waals surface area contributed by atoms with Crippen molar-refractivity contribution in [3.8, 4) is 28.5 Å². The quantitative estimate of drug-likeness (QED) is 0.438. The summed E-state index contributed by atoms with van der Waals surface area (Å²) in [6.07, 6.45) is 0. The molecule has 1 aromatic heterocycles. The first-order chi connectivity index (χ1) is 14.5. The molecule has 2 aromatic carbocycles. The van der Waals surface area contributed by atoms with Crippen molar-refractivity contribution in [1.29, 1.82) is 0 Å². The van der Waals surface area contributed by atoms with Gasteiger partial charge in [0.1, 0.15) is 11.4 Å². The Hall–Kier alpha value is -3.81. The van der Waals surface area contributed by atoms with Crippen molar-refractivity contribution in [2.45, 2.75) is 13.8 Å². The minimum atomic E-state index is -0.394. The second-order valence-corrected chi connectivity index (χ2v) is 6.34. The molecule has 8 nitrogen and oxygen atoms in total. The van der Waals surface area contributed by atoms with E-state index in [0.29, 0.717) is 35.2 Å². The first-order valence-corrected chi connectivity index (χ1v) is 9.41. The summed E-state index contributed by atoms with van der Waals surface area (Å²) in [5.74, 6) is 1.56. The molecule has 30 heavy (non-hydrogen) atoms. The van der Waals surface area contributed by atoms with Gasteiger partial charge in [-0.2, -0.15) is 10.2 Å². The number of aromatic nitrogens is 2. The maximum Gasteiger partial charge on any atom is 0.289 e. The van der Waals surface area contributed by atoms with Gasteiger partial charge in [-0.3, -0.25) is 9.89 Å². The second kappa shape index (κ2) is 9.60. The van der Waals surface area contributed by atoms with Crippen LogP contribution < -0.4 is 19.6 Å². The Morgan fingerprint density at radius 3 is 2.63 bits per heavy atom. The van der Waals surface area contributed by atoms with Crippen LogP contribution in [0.3, 0.4) is 0 Å². The van der Waals surface area contributed by atoms with E-state index in [-0.39, 0.29) is 0 Å². The highest BCUT2D eigenvalue weighted by atomic mass is 16.5. The molecule has 0 bridgehead atoms. The largest absolute Gasteiger partial charge is 0.494 e. The molecule has 156 valence electrons. The topological polar surface area (TPSA) is 97.8 Å². The third kappa shape index (κ3) is 4.78. The average molecular weight is 408 g/mol. The molecule has 0 aliphatic carbocycles. The van der Waals surface area contributed by atoms with Gasteiger partial charge in [0.15, 0.2) is 11.5 Å². The zero-order valence-corrected chi connectivity index (χ0v) is 17.4. The number of amides is 1. The molecule has 0 radical (unpaired) electrons. The van der Waals surface area contributed by atoms with Crippen molar-refractivity contribution >= 4 is 11.6 Å². The highest BCUT2D eigenvalue weighted by molar-refractivity contribution is 6.01. The summed E-state index contributed by atoms with van der Waals surface area (Å²) in [6, 6.07) is 14.6. The summed E-state index contributed by atoms with van der Waals surface area (Å²) in [4.78, 5) is 12.5. The third-order valence-electron chi connectivity index (χ3n) is 4.39. The molecule has 1 heterocycles. The predicted molar refractivity (Wildman–Crippen MR) is 114 cm³/mol. The minimum absolute atomic E-state index is 0.302. The van der Waals surface area contributed by atoms with Crippen LogP contribution in [0.5, 0.6) is 17.2 Å². The van der Waals surface area contributed by atoms with Gasteiger partial charge in [0, 0.05) is 11.1 Å². The minimum Gasteiger partial charge on any atom is -0.494 e. The molecule has 0 fully saturated rings. The summed E-state index contributed by atoms with van der Waals surface area (Å²) in [7, 11) is 3.14. The van der Waals surface area contributed by atoms with Gasteiger partial charge in [-0.15, -0.1) is 0 Å². The number of aromatic amines is 1. The van der Waals surface area contributed by atoms with Gasteiger partial charge in [0.05, 0.1) is 32.2 Å². The van der Waals surface area contributed by atoms with Crippen molar-refractivity contribution in [3.05, 3.63) is 59.8 Å². The monoisotopic (exact) mass is 408 g/mol. The Labute approximate surface area is 174 Å². The Morgan fingerprint density at radius 1 is 1.10 bits per heavy atom. The highest BCUT2D eigenvalue weighted by Crippen LogP contribution is 2.27. The van der Waals surface area contributed by atoms with Crippen LogP contribution >= 0.6 is 0 Å². The lowest BCUT2D eigenvalue weighted by molar-refractivity contribution is 0.0950. The number of rotatable bonds is 8. The molecule has 0 saturated heterocycles. The summed E-state index contributed by atoms with van der Waals surface area (Å²) in [6.45, 7) is 4.29. The predicted octanol–water partition coefficient (Wildman–Crippen LogP) is 3.65. The van der Waals surface area contributed by atoms with Gasteiger partial charge in [0.2, 0.25) is 0 Å². The van der Waals surface area contributed by atoms with E-state index in [4.69, 9.17) is 14.2 Å². The van der Waals surface area contributed by atoms with Crippen LogP contribution in [-0.2, 0) is 0 Å². The molecule has 0 aliphatic rings. The zero-order valence-electron chi connectivity index (χ0n) is 17.4. The first-order valence-electron chi connectivity index (χ1n) is 9.41. The second-order valence-electron chi connectivity index (χ2n) is 6.34. The fourth-order valence-corrected chi connectivity index (χ4v) is 2.82. The van der Waals surface area contributed by atoms with E-state index >= 15 is 0 Å². The van der Waals surface area contributed by atoms with Crippen LogP contribution in [0.2, 0.25) is 0 Å². The third-order valence-corrected chi connectivity index (χ3v) is 4.39. The maximum absolute atomic E-state index is 12.5. The van der Waals surface area contributed by atoms with E-state index < -0.39 is 5.91 Å². The van der Waals surface area contributed by atoms with Gasteiger partial charge < -0.3 is 14.2 Å². The number of nitrogens with one attached hydrogen (secondary N) is 2. The Morgan fingerprint density at radius 2 is 1.90 bits per heavy atom. The summed E-state index contributed by atoms with van der Waals surface area (Å²) in [5.41, 5.74) is 5.75. The van der Waals surface area contributed by atoms with Crippen molar-refractivity contribution < 1.29 is 19.0 Å². The molecular weight excluding hydrogens is 384 g/mol. The lowest BCUT2D eigenvalue weighted by atomic mass is 10.1. The van der Waals surface area contributed by atoms with Gasteiger partial charge >= 0.3 is 0 Å². The molecule has 0 spiro atoms. The van der Waals surface area contributed by atoms with Gasteiger partial charge in [-0.05, 0) is 50.2 Å². The number of ether oxygens (including phenoxy) is 3. The van der Waals surface area contributed by atoms with Crippen molar-refractivity contribution in [2.24, 2.45) is 5.10 Å². The van der Waals surface area contributed by atoms with Crippen molar-refractivity contribution in [1.82, 2.24) is 15.6 Å². The van der Waals surface area contributed by atoms with Crippen LogP contribution in [0.1, 0.15) is 29.9 Å². The molecule has 0 saturated carbocycles. The lowest BCUT2D eigenvalue weighted by Crippen LogP contribution is -2.19. The standard InChI is InChI=1S/C22H24N4O4/c1-5-30-17-8-6-7-16(11-17)18-13-19(25-24-18)22(27)26-23-14(2)15-9-10-20(28-3)21(12-15)29-4/h6-13H,5H2,1-4H3,(H,24,25)(H,26,27)/b23-14+. The fourth-order valence-electron chi connectivity index (χ4n) is 2.82. The summed E-state index contributed by atoms with van der Waals surface area (Å²) < 4.78 is 16.0. The summed E-state index contributed by atoms with van der Waals surface area (Å²) >= 11 is 0. The van der Waals surface area contributed by atoms with Gasteiger partial charge in [-0.1, -0.05) is 12.1 Å². The van der Waals surface area contributed by atoms with Crippen LogP contribution in [0, 0.1) is 0 Å². The number of methoxy groups -OCH3 is 2. The summed E-state index contributed by atoms with van der Waals surface area (Å²) in [5, 5.41) is 11.1. The van der Waals surface area contributed by atoms with Crippen molar-refractivity contribution in [3.63, 3.8) is 0 Å². The Bertz CT molecular complexity index is 1060. The van der Waals surface area contributed by atoms with Crippen LogP contribution in [0.4, 0.5) is 0 Å². The zero-order chi connectivity index (χ0) is 21.5. The molecule has 3 rings (SSSR count). The average Bonchev–Trinajstić information content (AvgIpc) is 3.27. The molecule has 0 unspecified atom stereocenters. The number of hydrogen-bond donors (Lipinski definition) is 2. The number of H-pyrrole nitrogens is 1. The molecule has 0 atom stereocenters. The highest BCUT2D eigenvalue weighted by Gasteiger charge is 2.12. The van der Waals surface area contributed by atoms with Crippen LogP contribution in [0.15, 0.2) is 53.6 Å². The SMILES string of the molecule is CCOc1cccc(-c2cc(C(=O)N/N=C(\C)c3ccc(OC)c(OC)c3)[nH]n2)c1. The number of hydrazone groups is 1. The Kier molecular flexibility index (Phi) is 6.69. The smallest absolute Gasteiger partial charge is 0.289 e. The number of hydrogen-bond acceptors (Lipinski definition) is 6. The number of carbonyl (C=O) groups is 1. The van der Waals surface area contributed by atoms with E-state index in [2.05, 4.69) is 20.7 Å². The number of benzene rings is 2. The molecule has 1 amide bonds. The first kappa shape index (κ1) is 20.9. The van der Waals surface area contributed by atoms with E-state index in [1.165, 1.54) is 0 Å². The number of carbonyl (C=O) groups excluding carboxylic acids is 1. The molecular formula is C22H24N4O4. The number of nitrogens with zero attached hydrogens (tertiary/aromatic N) is 2. The fraction of sp³-hybridized carbons (Fsp3) is 0.227. The normalized spacial score (nSPS) is 11.1. The lowest BCUT2D eigenvalue weighted by Gasteiger charge is -2.09. The van der Waals surface area contributed by atoms with E-state index in [0.717, 1.165) is 16.9 Å². The molecule has 2 N–H and O–H groups in total. The van der Waals surface area contributed by atoms with Gasteiger partial charge in [-0.25, -0.2) is 5.43 Å². The maximum atomic E-state index is 12.5. The van der Waals surface area contributed by atoms with Gasteiger partial charge in [0.25, 0.3) is 5.91 Å². The Balaban J connectivity index is 1.72. The van der Waals surface area contributed by atoms with E-state index in [1.54, 1.807) is 39.3 Å². The van der Waals surface area contributed by atoms with Crippen LogP contribution in [-0.4, -0.2) is 42.6 Å².